The molecule has 0 radical (unpaired) electrons. The second-order valence-corrected chi connectivity index (χ2v) is 6.48. The Hall–Kier alpha value is -1.00. The molecule has 3 aliphatic heterocycles. The van der Waals surface area contributed by atoms with Gasteiger partial charge in [0.15, 0.2) is 17.6 Å². The number of nitrogens with one attached hydrogen (secondary N) is 2. The predicted octanol–water partition coefficient (Wildman–Crippen LogP) is 1.81. The van der Waals surface area contributed by atoms with E-state index in [2.05, 4.69) is 25.4 Å². The molecule has 2 N–H and O–H groups in total. The fourth-order valence-corrected chi connectivity index (χ4v) is 3.40. The molecule has 1 aromatic rings. The number of piperazine rings is 3. The highest BCUT2D eigenvalue weighted by Gasteiger charge is 2.31. The molecule has 0 aromatic heterocycles. The summed E-state index contributed by atoms with van der Waals surface area (Å²) in [7, 11) is 1.71. The zero-order valence-electron chi connectivity index (χ0n) is 14.6. The van der Waals surface area contributed by atoms with Gasteiger partial charge in [-0.3, -0.25) is 14.8 Å². The van der Waals surface area contributed by atoms with Gasteiger partial charge >= 0.3 is 0 Å². The van der Waals surface area contributed by atoms with Gasteiger partial charge in [-0.25, -0.2) is 8.78 Å². The predicted molar refractivity (Wildman–Crippen MR) is 106 cm³/mol. The van der Waals surface area contributed by atoms with Gasteiger partial charge in [-0.2, -0.15) is 0 Å². The summed E-state index contributed by atoms with van der Waals surface area (Å²) in [5.41, 5.74) is 0.684. The standard InChI is InChI=1S/C17H25F2N5.HI/c1-12(13-3-4-15(18)16(19)9-13)22-17(20-2)21-10-14-11-23-5-7-24(14)8-6-23;/h3-4,9,12,14H,5-8,10-11H2,1-2H3,(H2,20,21,22);1H. The highest BCUT2D eigenvalue weighted by atomic mass is 127. The Bertz CT molecular complexity index is 605. The van der Waals surface area contributed by atoms with Gasteiger partial charge in [0.05, 0.1) is 6.04 Å². The van der Waals surface area contributed by atoms with Crippen LogP contribution in [0.5, 0.6) is 0 Å². The molecule has 25 heavy (non-hydrogen) atoms. The van der Waals surface area contributed by atoms with Crippen LogP contribution in [0.4, 0.5) is 8.78 Å². The van der Waals surface area contributed by atoms with E-state index in [1.165, 1.54) is 6.07 Å². The molecule has 4 rings (SSSR count). The minimum atomic E-state index is -0.829. The first-order chi connectivity index (χ1) is 11.6. The van der Waals surface area contributed by atoms with E-state index in [9.17, 15) is 8.78 Å². The number of halogens is 3. The third-order valence-corrected chi connectivity index (χ3v) is 4.92. The summed E-state index contributed by atoms with van der Waals surface area (Å²) in [5, 5.41) is 6.58. The maximum absolute atomic E-state index is 13.4. The van der Waals surface area contributed by atoms with E-state index in [-0.39, 0.29) is 30.0 Å². The van der Waals surface area contributed by atoms with Crippen molar-refractivity contribution in [2.75, 3.05) is 46.3 Å². The molecule has 2 atom stereocenters. The molecule has 8 heteroatoms. The van der Waals surface area contributed by atoms with Crippen molar-refractivity contribution in [2.24, 2.45) is 4.99 Å². The number of benzene rings is 1. The fraction of sp³-hybridized carbons (Fsp3) is 0.588. The molecule has 0 spiro atoms. The summed E-state index contributed by atoms with van der Waals surface area (Å²) < 4.78 is 26.4. The van der Waals surface area contributed by atoms with Crippen LogP contribution in [0.1, 0.15) is 18.5 Å². The van der Waals surface area contributed by atoms with Gasteiger partial charge in [-0.1, -0.05) is 6.07 Å². The van der Waals surface area contributed by atoms with Crippen molar-refractivity contribution in [3.05, 3.63) is 35.4 Å². The maximum Gasteiger partial charge on any atom is 0.191 e. The van der Waals surface area contributed by atoms with Crippen LogP contribution in [-0.2, 0) is 0 Å². The molecular weight excluding hydrogens is 439 g/mol. The van der Waals surface area contributed by atoms with Gasteiger partial charge in [0.1, 0.15) is 0 Å². The smallest absolute Gasteiger partial charge is 0.191 e. The monoisotopic (exact) mass is 465 g/mol. The third kappa shape index (κ3) is 5.01. The molecule has 3 aliphatic rings. The van der Waals surface area contributed by atoms with E-state index in [1.807, 2.05) is 6.92 Å². The molecule has 0 amide bonds. The Labute approximate surface area is 164 Å². The summed E-state index contributed by atoms with van der Waals surface area (Å²) >= 11 is 0. The quantitative estimate of drug-likeness (QED) is 0.405. The van der Waals surface area contributed by atoms with Crippen LogP contribution < -0.4 is 10.6 Å². The third-order valence-electron chi connectivity index (χ3n) is 4.92. The Kier molecular flexibility index (Phi) is 7.38. The van der Waals surface area contributed by atoms with Crippen molar-refractivity contribution in [1.82, 2.24) is 20.4 Å². The number of nitrogens with zero attached hydrogens (tertiary/aromatic N) is 3. The first-order valence-electron chi connectivity index (χ1n) is 8.45. The van der Waals surface area contributed by atoms with E-state index in [0.29, 0.717) is 17.6 Å². The highest BCUT2D eigenvalue weighted by Crippen LogP contribution is 2.16. The van der Waals surface area contributed by atoms with Crippen LogP contribution in [0, 0.1) is 11.6 Å². The molecule has 3 saturated heterocycles. The van der Waals surface area contributed by atoms with Crippen LogP contribution in [0.2, 0.25) is 0 Å². The second kappa shape index (κ2) is 9.09. The lowest BCUT2D eigenvalue weighted by Gasteiger charge is -2.47. The number of guanidine groups is 1. The number of rotatable bonds is 4. The van der Waals surface area contributed by atoms with E-state index in [1.54, 1.807) is 13.1 Å². The van der Waals surface area contributed by atoms with Crippen LogP contribution in [0.3, 0.4) is 0 Å². The van der Waals surface area contributed by atoms with Crippen molar-refractivity contribution < 1.29 is 8.78 Å². The summed E-state index contributed by atoms with van der Waals surface area (Å²) in [5.74, 6) is -0.987. The number of hydrogen-bond acceptors (Lipinski definition) is 3. The van der Waals surface area contributed by atoms with E-state index in [4.69, 9.17) is 0 Å². The van der Waals surface area contributed by atoms with Crippen LogP contribution >= 0.6 is 24.0 Å². The average molecular weight is 465 g/mol. The van der Waals surface area contributed by atoms with Gasteiger partial charge in [0.25, 0.3) is 0 Å². The molecular formula is C17H26F2IN5. The lowest BCUT2D eigenvalue weighted by Crippen LogP contribution is -2.63. The molecule has 3 heterocycles. The van der Waals surface area contributed by atoms with Crippen molar-refractivity contribution >= 4 is 29.9 Å². The normalized spacial score (nSPS) is 26.7. The minimum Gasteiger partial charge on any atom is -0.355 e. The summed E-state index contributed by atoms with van der Waals surface area (Å²) in [4.78, 5) is 9.24. The molecule has 0 aliphatic carbocycles. The SMILES string of the molecule is CN=C(NCC1CN2CCN1CC2)NC(C)c1ccc(F)c(F)c1.I. The summed E-state index contributed by atoms with van der Waals surface area (Å²) in [6.45, 7) is 8.39. The molecule has 2 unspecified atom stereocenters. The second-order valence-electron chi connectivity index (χ2n) is 6.48. The average Bonchev–Trinajstić information content (AvgIpc) is 2.61. The summed E-state index contributed by atoms with van der Waals surface area (Å²) in [6.07, 6.45) is 0. The van der Waals surface area contributed by atoms with Gasteiger partial charge in [0, 0.05) is 52.4 Å². The summed E-state index contributed by atoms with van der Waals surface area (Å²) in [6, 6.07) is 4.28. The fourth-order valence-electron chi connectivity index (χ4n) is 3.40. The number of hydrogen-bond donors (Lipinski definition) is 2. The van der Waals surface area contributed by atoms with Crippen molar-refractivity contribution in [1.29, 1.82) is 0 Å². The number of aliphatic imine (C=N–C) groups is 1. The van der Waals surface area contributed by atoms with E-state index in [0.717, 1.165) is 45.3 Å². The topological polar surface area (TPSA) is 42.9 Å². The largest absolute Gasteiger partial charge is 0.355 e. The Balaban J connectivity index is 0.00000225. The zero-order chi connectivity index (χ0) is 17.1. The minimum absolute atomic E-state index is 0. The lowest BCUT2D eigenvalue weighted by atomic mass is 10.1. The Morgan fingerprint density at radius 1 is 1.24 bits per heavy atom. The van der Waals surface area contributed by atoms with Crippen molar-refractivity contribution in [3.8, 4) is 0 Å². The molecule has 140 valence electrons. The van der Waals surface area contributed by atoms with Crippen molar-refractivity contribution in [3.63, 3.8) is 0 Å². The molecule has 0 saturated carbocycles. The van der Waals surface area contributed by atoms with E-state index < -0.39 is 11.6 Å². The van der Waals surface area contributed by atoms with Crippen molar-refractivity contribution in [2.45, 2.75) is 19.0 Å². The molecule has 1 aromatic carbocycles. The van der Waals surface area contributed by atoms with E-state index >= 15 is 0 Å². The number of fused-ring (bicyclic) bond motifs is 3. The van der Waals surface area contributed by atoms with Gasteiger partial charge in [0.2, 0.25) is 0 Å². The van der Waals surface area contributed by atoms with Gasteiger partial charge in [-0.05, 0) is 24.6 Å². The molecule has 5 nitrogen and oxygen atoms in total. The van der Waals surface area contributed by atoms with Crippen LogP contribution in [-0.4, -0.2) is 68.1 Å². The molecule has 3 fully saturated rings. The molecule has 2 bridgehead atoms. The van der Waals surface area contributed by atoms with Gasteiger partial charge in [-0.15, -0.1) is 24.0 Å². The zero-order valence-corrected chi connectivity index (χ0v) is 17.0. The van der Waals surface area contributed by atoms with Gasteiger partial charge < -0.3 is 10.6 Å². The van der Waals surface area contributed by atoms with Crippen LogP contribution in [0.25, 0.3) is 0 Å². The maximum atomic E-state index is 13.4. The Morgan fingerprint density at radius 3 is 2.52 bits per heavy atom. The highest BCUT2D eigenvalue weighted by molar-refractivity contribution is 14.0. The first kappa shape index (κ1) is 20.3. The van der Waals surface area contributed by atoms with Crippen LogP contribution in [0.15, 0.2) is 23.2 Å². The lowest BCUT2D eigenvalue weighted by molar-refractivity contribution is 0.0154. The Morgan fingerprint density at radius 2 is 1.96 bits per heavy atom. The first-order valence-corrected chi connectivity index (χ1v) is 8.45.